The van der Waals surface area contributed by atoms with E-state index in [4.69, 9.17) is 0 Å². The van der Waals surface area contributed by atoms with Gasteiger partial charge in [0.15, 0.2) is 0 Å². The van der Waals surface area contributed by atoms with Crippen molar-refractivity contribution in [1.82, 2.24) is 9.88 Å². The van der Waals surface area contributed by atoms with E-state index >= 15 is 0 Å². The molecule has 0 saturated heterocycles. The molecule has 1 aromatic rings. The molecular weight excluding hydrogens is 192 g/mol. The van der Waals surface area contributed by atoms with E-state index in [2.05, 4.69) is 9.88 Å². The van der Waals surface area contributed by atoms with E-state index < -0.39 is 0 Å². The van der Waals surface area contributed by atoms with E-state index in [0.717, 1.165) is 18.5 Å². The number of nitrogens with one attached hydrogen (secondary N) is 1. The van der Waals surface area contributed by atoms with Crippen molar-refractivity contribution in [2.75, 3.05) is 13.6 Å². The van der Waals surface area contributed by atoms with Gasteiger partial charge in [-0.1, -0.05) is 0 Å². The van der Waals surface area contributed by atoms with E-state index in [9.17, 15) is 9.59 Å². The molecule has 1 unspecified atom stereocenters. The van der Waals surface area contributed by atoms with Crippen LogP contribution in [0.15, 0.2) is 6.20 Å². The summed E-state index contributed by atoms with van der Waals surface area (Å²) in [5, 5.41) is 0. The molecule has 0 saturated carbocycles. The highest BCUT2D eigenvalue weighted by atomic mass is 16.2. The molecule has 3 rings (SSSR count). The lowest BCUT2D eigenvalue weighted by Gasteiger charge is -2.34. The minimum absolute atomic E-state index is 0.111. The van der Waals surface area contributed by atoms with Crippen molar-refractivity contribution >= 4 is 11.6 Å². The van der Waals surface area contributed by atoms with Crippen LogP contribution in [0.2, 0.25) is 0 Å². The van der Waals surface area contributed by atoms with Crippen molar-refractivity contribution in [3.63, 3.8) is 0 Å². The lowest BCUT2D eigenvalue weighted by molar-refractivity contribution is -0.116. The van der Waals surface area contributed by atoms with Gasteiger partial charge in [0.1, 0.15) is 0 Å². The average molecular weight is 204 g/mol. The summed E-state index contributed by atoms with van der Waals surface area (Å²) in [6.07, 6.45) is 3.18. The predicted octanol–water partition coefficient (Wildman–Crippen LogP) is 0.699. The summed E-state index contributed by atoms with van der Waals surface area (Å²) in [5.74, 6) is -0.613. The van der Waals surface area contributed by atoms with Gasteiger partial charge in [-0.3, -0.25) is 14.5 Å². The Morgan fingerprint density at radius 2 is 2.27 bits per heavy atom. The summed E-state index contributed by atoms with van der Waals surface area (Å²) >= 11 is 0. The Labute approximate surface area is 87.3 Å². The van der Waals surface area contributed by atoms with Gasteiger partial charge in [-0.2, -0.15) is 0 Å². The monoisotopic (exact) mass is 204 g/mol. The zero-order chi connectivity index (χ0) is 10.6. The first kappa shape index (κ1) is 8.85. The zero-order valence-electron chi connectivity index (χ0n) is 8.54. The van der Waals surface area contributed by atoms with E-state index in [1.165, 1.54) is 5.56 Å². The smallest absolute Gasteiger partial charge is 0.245 e. The molecule has 0 aromatic carbocycles. The summed E-state index contributed by atoms with van der Waals surface area (Å²) in [6, 6.07) is 0.111. The number of carbonyl (C=O) groups excluding carboxylic acids is 2. The third-order valence-electron chi connectivity index (χ3n) is 3.46. The number of ketones is 2. The van der Waals surface area contributed by atoms with Gasteiger partial charge in [-0.25, -0.2) is 0 Å². The number of likely N-dealkylation sites (N-methyl/N-ethyl adjacent to an activating group) is 1. The maximum absolute atomic E-state index is 11.6. The van der Waals surface area contributed by atoms with Crippen LogP contribution < -0.4 is 0 Å². The number of aromatic amines is 1. The van der Waals surface area contributed by atoms with Gasteiger partial charge >= 0.3 is 0 Å². The minimum Gasteiger partial charge on any atom is -0.358 e. The van der Waals surface area contributed by atoms with Crippen molar-refractivity contribution in [2.45, 2.75) is 18.9 Å². The summed E-state index contributed by atoms with van der Waals surface area (Å²) in [7, 11) is 2.01. The first-order chi connectivity index (χ1) is 7.18. The molecule has 4 heteroatoms. The van der Waals surface area contributed by atoms with Gasteiger partial charge in [0.2, 0.25) is 11.6 Å². The molecular formula is C11H12N2O2. The third-order valence-corrected chi connectivity index (χ3v) is 3.46. The van der Waals surface area contributed by atoms with Crippen LogP contribution in [0, 0.1) is 0 Å². The fourth-order valence-electron chi connectivity index (χ4n) is 2.59. The van der Waals surface area contributed by atoms with Gasteiger partial charge in [-0.15, -0.1) is 0 Å². The van der Waals surface area contributed by atoms with Crippen LogP contribution in [0.5, 0.6) is 0 Å². The predicted molar refractivity (Wildman–Crippen MR) is 53.8 cm³/mol. The van der Waals surface area contributed by atoms with Crippen molar-refractivity contribution in [1.29, 1.82) is 0 Å². The molecule has 1 aliphatic heterocycles. The number of rotatable bonds is 0. The molecule has 78 valence electrons. The maximum Gasteiger partial charge on any atom is 0.245 e. The Hall–Kier alpha value is -1.42. The molecule has 1 N–H and O–H groups in total. The van der Waals surface area contributed by atoms with Crippen LogP contribution in [0.4, 0.5) is 0 Å². The van der Waals surface area contributed by atoms with Crippen molar-refractivity contribution in [2.24, 2.45) is 0 Å². The van der Waals surface area contributed by atoms with Crippen LogP contribution in [0.1, 0.15) is 34.1 Å². The zero-order valence-corrected chi connectivity index (χ0v) is 8.54. The topological polar surface area (TPSA) is 53.2 Å². The summed E-state index contributed by atoms with van der Waals surface area (Å²) in [5.41, 5.74) is 2.79. The normalized spacial score (nSPS) is 25.5. The Morgan fingerprint density at radius 3 is 3.07 bits per heavy atom. The highest BCUT2D eigenvalue weighted by Gasteiger charge is 2.39. The largest absolute Gasteiger partial charge is 0.358 e. The molecule has 0 amide bonds. The lowest BCUT2D eigenvalue weighted by Crippen LogP contribution is -2.38. The number of carbonyl (C=O) groups is 2. The van der Waals surface area contributed by atoms with Crippen LogP contribution >= 0.6 is 0 Å². The number of aromatic nitrogens is 1. The number of hydrogen-bond acceptors (Lipinski definition) is 3. The molecule has 2 heterocycles. The first-order valence-corrected chi connectivity index (χ1v) is 5.16. The Balaban J connectivity index is 2.22. The first-order valence-electron chi connectivity index (χ1n) is 5.16. The number of Topliss-reactive ketones (excluding diaryl/α,β-unsaturated/α-hetero) is 2. The third kappa shape index (κ3) is 1.05. The van der Waals surface area contributed by atoms with E-state index in [0.29, 0.717) is 12.1 Å². The summed E-state index contributed by atoms with van der Waals surface area (Å²) in [4.78, 5) is 28.2. The Kier molecular flexibility index (Phi) is 1.65. The van der Waals surface area contributed by atoms with Crippen molar-refractivity contribution in [3.05, 3.63) is 23.0 Å². The van der Waals surface area contributed by atoms with Crippen LogP contribution in [-0.2, 0) is 11.2 Å². The van der Waals surface area contributed by atoms with Crippen LogP contribution in [0.3, 0.4) is 0 Å². The van der Waals surface area contributed by atoms with Crippen LogP contribution in [0.25, 0.3) is 0 Å². The van der Waals surface area contributed by atoms with Crippen LogP contribution in [-0.4, -0.2) is 35.0 Å². The second-order valence-corrected chi connectivity index (χ2v) is 4.31. The molecule has 4 nitrogen and oxygen atoms in total. The van der Waals surface area contributed by atoms with E-state index in [1.54, 1.807) is 0 Å². The fraction of sp³-hybridized carbons (Fsp3) is 0.455. The summed E-state index contributed by atoms with van der Waals surface area (Å²) < 4.78 is 0. The summed E-state index contributed by atoms with van der Waals surface area (Å²) in [6.45, 7) is 0.955. The Morgan fingerprint density at radius 1 is 1.47 bits per heavy atom. The van der Waals surface area contributed by atoms with Crippen molar-refractivity contribution in [3.8, 4) is 0 Å². The minimum atomic E-state index is -0.345. The second-order valence-electron chi connectivity index (χ2n) is 4.31. The number of hydrogen-bond donors (Lipinski definition) is 1. The SMILES string of the molecule is CN1CCc2c[nH]c3c2C1CC(=O)C3=O. The average Bonchev–Trinajstić information content (AvgIpc) is 2.64. The van der Waals surface area contributed by atoms with Crippen molar-refractivity contribution < 1.29 is 9.59 Å². The highest BCUT2D eigenvalue weighted by Crippen LogP contribution is 2.37. The van der Waals surface area contributed by atoms with Gasteiger partial charge in [0.05, 0.1) is 5.69 Å². The Bertz CT molecular complexity index is 461. The standard InChI is InChI=1S/C11H12N2O2/c1-13-3-2-6-5-12-10-9(6)7(13)4-8(14)11(10)15/h5,7,12H,2-4H2,1H3. The molecule has 0 fully saturated rings. The van der Waals surface area contributed by atoms with Gasteiger partial charge < -0.3 is 4.98 Å². The quantitative estimate of drug-likeness (QED) is 0.633. The van der Waals surface area contributed by atoms with E-state index in [-0.39, 0.29) is 17.6 Å². The molecule has 2 aliphatic rings. The maximum atomic E-state index is 11.6. The molecule has 1 aromatic heterocycles. The van der Waals surface area contributed by atoms with E-state index in [1.807, 2.05) is 13.2 Å². The van der Waals surface area contributed by atoms with Gasteiger partial charge in [-0.05, 0) is 19.0 Å². The highest BCUT2D eigenvalue weighted by molar-refractivity contribution is 6.44. The number of nitrogens with zero attached hydrogens (tertiary/aromatic N) is 1. The molecule has 0 bridgehead atoms. The van der Waals surface area contributed by atoms with Gasteiger partial charge in [0, 0.05) is 30.8 Å². The molecule has 1 aliphatic carbocycles. The number of H-pyrrole nitrogens is 1. The fourth-order valence-corrected chi connectivity index (χ4v) is 2.59. The second kappa shape index (κ2) is 2.79. The lowest BCUT2D eigenvalue weighted by atomic mass is 9.84. The molecule has 1 atom stereocenters. The molecule has 15 heavy (non-hydrogen) atoms. The molecule has 0 spiro atoms. The van der Waals surface area contributed by atoms with Gasteiger partial charge in [0.25, 0.3) is 0 Å². The molecule has 0 radical (unpaired) electrons.